The summed E-state index contributed by atoms with van der Waals surface area (Å²) >= 11 is 0. The Morgan fingerprint density at radius 3 is 1.62 bits per heavy atom. The fraction of sp³-hybridized carbons (Fsp3) is 0.143. The number of anilines is 1. The normalized spacial score (nSPS) is 11.7. The highest BCUT2D eigenvalue weighted by atomic mass is 31.1. The van der Waals surface area contributed by atoms with Crippen LogP contribution in [0, 0.1) is 0 Å². The quantitative estimate of drug-likeness (QED) is 0.435. The van der Waals surface area contributed by atoms with Crippen LogP contribution in [0.4, 0.5) is 5.69 Å². The smallest absolute Gasteiger partial charge is 0.0803 e. The monoisotopic (exact) mass is 349 g/mol. The summed E-state index contributed by atoms with van der Waals surface area (Å²) in [4.78, 5) is 0. The molecule has 0 saturated carbocycles. The van der Waals surface area contributed by atoms with E-state index in [1.54, 1.807) is 0 Å². The second-order valence-corrected chi connectivity index (χ2v) is 14.2. The summed E-state index contributed by atoms with van der Waals surface area (Å²) in [5, 5.41) is 5.33. The number of nitrogens with two attached hydrogens (primary N) is 1. The van der Waals surface area contributed by atoms with Crippen LogP contribution in [0.5, 0.6) is 0 Å². The third-order valence-corrected chi connectivity index (χ3v) is 8.71. The molecule has 0 amide bonds. The summed E-state index contributed by atoms with van der Waals surface area (Å²) in [5.41, 5.74) is 7.69. The molecular weight excluding hydrogens is 325 g/mol. The fourth-order valence-corrected chi connectivity index (χ4v) is 7.02. The van der Waals surface area contributed by atoms with Crippen LogP contribution in [0.1, 0.15) is 0 Å². The molecule has 0 aromatic heterocycles. The molecule has 0 aliphatic rings. The van der Waals surface area contributed by atoms with E-state index in [0.29, 0.717) is 0 Å². The van der Waals surface area contributed by atoms with Crippen LogP contribution < -0.4 is 26.8 Å². The highest BCUT2D eigenvalue weighted by molar-refractivity contribution is 7.80. The second kappa shape index (κ2) is 6.92. The number of hydrogen-bond acceptors (Lipinski definition) is 1. The second-order valence-electron chi connectivity index (χ2n) is 6.99. The first-order chi connectivity index (χ1) is 11.5. The van der Waals surface area contributed by atoms with Crippen molar-refractivity contribution < 1.29 is 0 Å². The SMILES string of the molecule is C[Si](C)(C)c1cccc(P(c2ccccc2)c2ccccc2)c1N. The molecule has 0 fully saturated rings. The van der Waals surface area contributed by atoms with Crippen molar-refractivity contribution >= 4 is 42.8 Å². The average Bonchev–Trinajstić information content (AvgIpc) is 2.58. The van der Waals surface area contributed by atoms with Gasteiger partial charge in [0.25, 0.3) is 0 Å². The molecule has 2 N–H and O–H groups in total. The Morgan fingerprint density at radius 2 is 1.17 bits per heavy atom. The summed E-state index contributed by atoms with van der Waals surface area (Å²) in [6, 6.07) is 28.1. The van der Waals surface area contributed by atoms with Crippen LogP contribution in [0.2, 0.25) is 19.6 Å². The first kappa shape index (κ1) is 16.9. The molecule has 0 unspecified atom stereocenters. The number of nitrogen functional groups attached to an aromatic ring is 1. The molecule has 0 bridgehead atoms. The van der Waals surface area contributed by atoms with Gasteiger partial charge in [-0.15, -0.1) is 0 Å². The number of benzene rings is 3. The van der Waals surface area contributed by atoms with Gasteiger partial charge in [0.1, 0.15) is 0 Å². The van der Waals surface area contributed by atoms with Crippen molar-refractivity contribution in [2.24, 2.45) is 0 Å². The standard InChI is InChI=1S/C21H24NPSi/c1-24(2,3)20-16-10-15-19(21(20)22)23(17-11-6-4-7-12-17)18-13-8-5-9-14-18/h4-16H,22H2,1-3H3. The lowest BCUT2D eigenvalue weighted by Gasteiger charge is -2.26. The van der Waals surface area contributed by atoms with Gasteiger partial charge in [0.05, 0.1) is 8.07 Å². The first-order valence-corrected chi connectivity index (χ1v) is 13.1. The van der Waals surface area contributed by atoms with Crippen LogP contribution in [0.15, 0.2) is 78.9 Å². The van der Waals surface area contributed by atoms with Gasteiger partial charge in [-0.2, -0.15) is 0 Å². The fourth-order valence-electron chi connectivity index (χ4n) is 2.98. The molecule has 24 heavy (non-hydrogen) atoms. The van der Waals surface area contributed by atoms with Gasteiger partial charge in [0, 0.05) is 11.0 Å². The van der Waals surface area contributed by atoms with Gasteiger partial charge in [-0.25, -0.2) is 0 Å². The van der Waals surface area contributed by atoms with Crippen LogP contribution >= 0.6 is 7.92 Å². The van der Waals surface area contributed by atoms with Gasteiger partial charge >= 0.3 is 0 Å². The average molecular weight is 349 g/mol. The van der Waals surface area contributed by atoms with Gasteiger partial charge in [-0.1, -0.05) is 98.5 Å². The van der Waals surface area contributed by atoms with E-state index < -0.39 is 16.0 Å². The third kappa shape index (κ3) is 3.45. The lowest BCUT2D eigenvalue weighted by atomic mass is 10.3. The van der Waals surface area contributed by atoms with E-state index in [9.17, 15) is 0 Å². The van der Waals surface area contributed by atoms with Crippen molar-refractivity contribution in [2.75, 3.05) is 5.73 Å². The minimum Gasteiger partial charge on any atom is -0.398 e. The Kier molecular flexibility index (Phi) is 4.89. The van der Waals surface area contributed by atoms with Gasteiger partial charge in [0.2, 0.25) is 0 Å². The van der Waals surface area contributed by atoms with Crippen LogP contribution in [-0.4, -0.2) is 8.07 Å². The Bertz CT molecular complexity index is 771. The number of rotatable bonds is 4. The van der Waals surface area contributed by atoms with Crippen molar-refractivity contribution in [3.8, 4) is 0 Å². The zero-order chi connectivity index (χ0) is 17.2. The lowest BCUT2D eigenvalue weighted by Crippen LogP contribution is -2.42. The van der Waals surface area contributed by atoms with E-state index in [-0.39, 0.29) is 0 Å². The largest absolute Gasteiger partial charge is 0.398 e. The van der Waals surface area contributed by atoms with Gasteiger partial charge in [-0.05, 0) is 23.7 Å². The van der Waals surface area contributed by atoms with Crippen LogP contribution in [-0.2, 0) is 0 Å². The highest BCUT2D eigenvalue weighted by Gasteiger charge is 2.25. The zero-order valence-corrected chi connectivity index (χ0v) is 16.4. The number of para-hydroxylation sites is 1. The Balaban J connectivity index is 2.21. The van der Waals surface area contributed by atoms with Gasteiger partial charge in [0.15, 0.2) is 0 Å². The minimum atomic E-state index is -1.47. The van der Waals surface area contributed by atoms with E-state index in [4.69, 9.17) is 5.73 Å². The molecule has 122 valence electrons. The number of hydrogen-bond donors (Lipinski definition) is 1. The molecular formula is C21H24NPSi. The summed E-state index contributed by atoms with van der Waals surface area (Å²) in [7, 11) is -2.10. The van der Waals surface area contributed by atoms with Crippen molar-refractivity contribution in [2.45, 2.75) is 19.6 Å². The predicted octanol–water partition coefficient (Wildman–Crippen LogP) is 3.57. The van der Waals surface area contributed by atoms with Gasteiger partial charge < -0.3 is 5.73 Å². The molecule has 0 aliphatic heterocycles. The molecule has 3 rings (SSSR count). The molecule has 0 heterocycles. The maximum absolute atomic E-state index is 6.70. The Hall–Kier alpha value is -1.89. The Labute approximate surface area is 147 Å². The Morgan fingerprint density at radius 1 is 0.667 bits per heavy atom. The maximum Gasteiger partial charge on any atom is 0.0803 e. The van der Waals surface area contributed by atoms with E-state index in [1.807, 2.05) is 0 Å². The van der Waals surface area contributed by atoms with Crippen molar-refractivity contribution in [3.63, 3.8) is 0 Å². The summed E-state index contributed by atoms with van der Waals surface area (Å²) in [6.45, 7) is 7.07. The van der Waals surface area contributed by atoms with Crippen molar-refractivity contribution in [1.29, 1.82) is 0 Å². The summed E-state index contributed by atoms with van der Waals surface area (Å²) in [6.07, 6.45) is 0. The molecule has 0 aliphatic carbocycles. The molecule has 3 aromatic rings. The van der Waals surface area contributed by atoms with Gasteiger partial charge in [-0.3, -0.25) is 0 Å². The minimum absolute atomic E-state index is 0.633. The van der Waals surface area contributed by atoms with Crippen molar-refractivity contribution in [1.82, 2.24) is 0 Å². The molecule has 1 nitrogen and oxygen atoms in total. The van der Waals surface area contributed by atoms with Crippen molar-refractivity contribution in [3.05, 3.63) is 78.9 Å². The van der Waals surface area contributed by atoms with Crippen LogP contribution in [0.3, 0.4) is 0 Å². The topological polar surface area (TPSA) is 26.0 Å². The molecule has 0 atom stereocenters. The zero-order valence-electron chi connectivity index (χ0n) is 14.5. The molecule has 0 saturated heterocycles. The summed E-state index contributed by atoms with van der Waals surface area (Å²) < 4.78 is 0. The molecule has 3 heteroatoms. The predicted molar refractivity (Wildman–Crippen MR) is 113 cm³/mol. The van der Waals surface area contributed by atoms with E-state index in [2.05, 4.69) is 98.5 Å². The maximum atomic E-state index is 6.70. The molecule has 0 radical (unpaired) electrons. The molecule has 3 aromatic carbocycles. The van der Waals surface area contributed by atoms with E-state index in [1.165, 1.54) is 21.1 Å². The van der Waals surface area contributed by atoms with E-state index >= 15 is 0 Å². The third-order valence-electron chi connectivity index (χ3n) is 4.16. The first-order valence-electron chi connectivity index (χ1n) is 8.27. The van der Waals surface area contributed by atoms with Crippen LogP contribution in [0.25, 0.3) is 0 Å². The lowest BCUT2D eigenvalue weighted by molar-refractivity contribution is 1.69. The van der Waals surface area contributed by atoms with E-state index in [0.717, 1.165) is 5.69 Å². The molecule has 0 spiro atoms. The summed E-state index contributed by atoms with van der Waals surface area (Å²) in [5.74, 6) is 0. The highest BCUT2D eigenvalue weighted by Crippen LogP contribution is 2.34.